The fourth-order valence-electron chi connectivity index (χ4n) is 1.88. The third-order valence-corrected chi connectivity index (χ3v) is 2.70. The van der Waals surface area contributed by atoms with Crippen LogP contribution in [0.15, 0.2) is 0 Å². The Morgan fingerprint density at radius 1 is 1.67 bits per heavy atom. The van der Waals surface area contributed by atoms with Crippen molar-refractivity contribution in [2.45, 2.75) is 18.9 Å². The molecule has 1 aliphatic heterocycles. The molecule has 1 unspecified atom stereocenters. The van der Waals surface area contributed by atoms with Gasteiger partial charge in [0.15, 0.2) is 0 Å². The van der Waals surface area contributed by atoms with Crippen LogP contribution in [0.3, 0.4) is 0 Å². The lowest BCUT2D eigenvalue weighted by Crippen LogP contribution is -2.43. The van der Waals surface area contributed by atoms with Crippen molar-refractivity contribution >= 4 is 5.91 Å². The Balaban J connectivity index is 2.31. The Morgan fingerprint density at radius 2 is 2.47 bits per heavy atom. The predicted octanol–water partition coefficient (Wildman–Crippen LogP) is -1.22. The van der Waals surface area contributed by atoms with Crippen molar-refractivity contribution in [3.8, 4) is 0 Å². The van der Waals surface area contributed by atoms with Crippen LogP contribution in [0.5, 0.6) is 0 Å². The van der Waals surface area contributed by atoms with Crippen LogP contribution < -0.4 is 10.6 Å². The van der Waals surface area contributed by atoms with Crippen LogP contribution in [-0.4, -0.2) is 61.8 Å². The van der Waals surface area contributed by atoms with Crippen LogP contribution in [0.25, 0.3) is 0 Å². The lowest BCUT2D eigenvalue weighted by Gasteiger charge is -2.23. The summed E-state index contributed by atoms with van der Waals surface area (Å²) >= 11 is 0. The summed E-state index contributed by atoms with van der Waals surface area (Å²) in [4.78, 5) is 13.2. The summed E-state index contributed by atoms with van der Waals surface area (Å²) in [6.07, 6.45) is 2.37. The van der Waals surface area contributed by atoms with Gasteiger partial charge in [-0.25, -0.2) is 0 Å². The molecule has 0 aliphatic carbocycles. The molecular formula is C10H21N3O2. The Bertz CT molecular complexity index is 193. The van der Waals surface area contributed by atoms with Crippen LogP contribution in [0.4, 0.5) is 0 Å². The highest BCUT2D eigenvalue weighted by molar-refractivity contribution is 5.77. The molecular weight excluding hydrogens is 194 g/mol. The fourth-order valence-corrected chi connectivity index (χ4v) is 1.88. The summed E-state index contributed by atoms with van der Waals surface area (Å²) < 4.78 is 0. The summed E-state index contributed by atoms with van der Waals surface area (Å²) in [7, 11) is 1.63. The van der Waals surface area contributed by atoms with E-state index in [4.69, 9.17) is 5.11 Å². The second kappa shape index (κ2) is 6.76. The summed E-state index contributed by atoms with van der Waals surface area (Å²) in [6.45, 7) is 2.94. The van der Waals surface area contributed by atoms with Crippen LogP contribution >= 0.6 is 0 Å². The van der Waals surface area contributed by atoms with Gasteiger partial charge < -0.3 is 15.7 Å². The maximum Gasteiger partial charge on any atom is 0.233 e. The number of nitrogens with one attached hydrogen (secondary N) is 2. The molecule has 0 aromatic rings. The Labute approximate surface area is 90.8 Å². The minimum Gasteiger partial charge on any atom is -0.395 e. The number of rotatable bonds is 6. The minimum atomic E-state index is 0.00134. The number of aliphatic hydroxyl groups excluding tert-OH is 1. The SMILES string of the molecule is CNC(=O)CN(CCO)CC1CCCN1. The summed E-state index contributed by atoms with van der Waals surface area (Å²) in [5.74, 6) is 0.00134. The van der Waals surface area contributed by atoms with Crippen molar-refractivity contribution in [2.75, 3.05) is 39.8 Å². The molecule has 15 heavy (non-hydrogen) atoms. The lowest BCUT2D eigenvalue weighted by atomic mass is 10.2. The molecule has 0 radical (unpaired) electrons. The van der Waals surface area contributed by atoms with E-state index in [1.54, 1.807) is 7.05 Å². The van der Waals surface area contributed by atoms with Gasteiger partial charge in [-0.05, 0) is 19.4 Å². The van der Waals surface area contributed by atoms with E-state index in [9.17, 15) is 4.79 Å². The van der Waals surface area contributed by atoms with Crippen molar-refractivity contribution in [3.63, 3.8) is 0 Å². The Hall–Kier alpha value is -0.650. The number of carbonyl (C=O) groups is 1. The second-order valence-electron chi connectivity index (χ2n) is 3.93. The first-order valence-electron chi connectivity index (χ1n) is 5.53. The predicted molar refractivity (Wildman–Crippen MR) is 58.6 cm³/mol. The average Bonchev–Trinajstić information content (AvgIpc) is 2.70. The number of aliphatic hydroxyl groups is 1. The number of amides is 1. The summed E-state index contributed by atoms with van der Waals surface area (Å²) in [6, 6.07) is 0.473. The smallest absolute Gasteiger partial charge is 0.233 e. The van der Waals surface area contributed by atoms with E-state index in [1.165, 1.54) is 6.42 Å². The second-order valence-corrected chi connectivity index (χ2v) is 3.93. The topological polar surface area (TPSA) is 64.6 Å². The molecule has 0 aromatic heterocycles. The van der Waals surface area contributed by atoms with Gasteiger partial charge >= 0.3 is 0 Å². The molecule has 1 fully saturated rings. The average molecular weight is 215 g/mol. The molecule has 1 atom stereocenters. The molecule has 1 rings (SSSR count). The van der Waals surface area contributed by atoms with Crippen LogP contribution in [0, 0.1) is 0 Å². The Kier molecular flexibility index (Phi) is 5.60. The molecule has 0 aromatic carbocycles. The van der Waals surface area contributed by atoms with E-state index in [-0.39, 0.29) is 12.5 Å². The van der Waals surface area contributed by atoms with Gasteiger partial charge in [-0.2, -0.15) is 0 Å². The van der Waals surface area contributed by atoms with Gasteiger partial charge in [-0.1, -0.05) is 0 Å². The van der Waals surface area contributed by atoms with E-state index < -0.39 is 0 Å². The molecule has 1 heterocycles. The highest BCUT2D eigenvalue weighted by Gasteiger charge is 2.18. The zero-order valence-corrected chi connectivity index (χ0v) is 9.33. The van der Waals surface area contributed by atoms with E-state index in [1.807, 2.05) is 4.90 Å². The first-order chi connectivity index (χ1) is 7.26. The molecule has 0 bridgehead atoms. The highest BCUT2D eigenvalue weighted by Crippen LogP contribution is 2.06. The van der Waals surface area contributed by atoms with Crippen LogP contribution in [0.2, 0.25) is 0 Å². The maximum absolute atomic E-state index is 11.2. The van der Waals surface area contributed by atoms with E-state index in [2.05, 4.69) is 10.6 Å². The van der Waals surface area contributed by atoms with E-state index in [0.29, 0.717) is 19.1 Å². The quantitative estimate of drug-likeness (QED) is 0.519. The first kappa shape index (κ1) is 12.4. The van der Waals surface area contributed by atoms with Crippen LogP contribution in [-0.2, 0) is 4.79 Å². The molecule has 1 amide bonds. The minimum absolute atomic E-state index is 0.00134. The van der Waals surface area contributed by atoms with E-state index in [0.717, 1.165) is 19.5 Å². The molecule has 3 N–H and O–H groups in total. The Morgan fingerprint density at radius 3 is 3.00 bits per heavy atom. The molecule has 5 heteroatoms. The largest absolute Gasteiger partial charge is 0.395 e. The molecule has 0 saturated carbocycles. The van der Waals surface area contributed by atoms with Gasteiger partial charge in [-0.15, -0.1) is 0 Å². The van der Waals surface area contributed by atoms with Crippen molar-refractivity contribution in [2.24, 2.45) is 0 Å². The standard InChI is InChI=1S/C10H21N3O2/c1-11-10(15)8-13(5-6-14)7-9-3-2-4-12-9/h9,12,14H,2-8H2,1H3,(H,11,15). The highest BCUT2D eigenvalue weighted by atomic mass is 16.3. The van der Waals surface area contributed by atoms with Crippen molar-refractivity contribution in [1.29, 1.82) is 0 Å². The third-order valence-electron chi connectivity index (χ3n) is 2.70. The van der Waals surface area contributed by atoms with Gasteiger partial charge in [0.2, 0.25) is 5.91 Å². The molecule has 88 valence electrons. The zero-order valence-electron chi connectivity index (χ0n) is 9.33. The van der Waals surface area contributed by atoms with Crippen molar-refractivity contribution in [3.05, 3.63) is 0 Å². The number of hydrogen-bond donors (Lipinski definition) is 3. The normalized spacial score (nSPS) is 20.9. The van der Waals surface area contributed by atoms with Gasteiger partial charge in [0.05, 0.1) is 13.2 Å². The third kappa shape index (κ3) is 4.59. The van der Waals surface area contributed by atoms with E-state index >= 15 is 0 Å². The number of hydrogen-bond acceptors (Lipinski definition) is 4. The lowest BCUT2D eigenvalue weighted by molar-refractivity contribution is -0.121. The number of nitrogens with zero attached hydrogens (tertiary/aromatic N) is 1. The first-order valence-corrected chi connectivity index (χ1v) is 5.53. The zero-order chi connectivity index (χ0) is 11.1. The number of likely N-dealkylation sites (N-methyl/N-ethyl adjacent to an activating group) is 1. The van der Waals surface area contributed by atoms with Gasteiger partial charge in [0, 0.05) is 26.2 Å². The number of carbonyl (C=O) groups excluding carboxylic acids is 1. The van der Waals surface area contributed by atoms with Crippen LogP contribution in [0.1, 0.15) is 12.8 Å². The van der Waals surface area contributed by atoms with Gasteiger partial charge in [0.1, 0.15) is 0 Å². The monoisotopic (exact) mass is 215 g/mol. The molecule has 1 aliphatic rings. The summed E-state index contributed by atoms with van der Waals surface area (Å²) in [5.41, 5.74) is 0. The molecule has 0 spiro atoms. The maximum atomic E-state index is 11.2. The molecule has 1 saturated heterocycles. The van der Waals surface area contributed by atoms with Gasteiger partial charge in [0.25, 0.3) is 0 Å². The summed E-state index contributed by atoms with van der Waals surface area (Å²) in [5, 5.41) is 14.9. The fraction of sp³-hybridized carbons (Fsp3) is 0.900. The van der Waals surface area contributed by atoms with Crippen molar-refractivity contribution < 1.29 is 9.90 Å². The molecule has 5 nitrogen and oxygen atoms in total. The van der Waals surface area contributed by atoms with Gasteiger partial charge in [-0.3, -0.25) is 9.69 Å². The van der Waals surface area contributed by atoms with Crippen molar-refractivity contribution in [1.82, 2.24) is 15.5 Å².